The Morgan fingerprint density at radius 3 is 2.35 bits per heavy atom. The van der Waals surface area contributed by atoms with Gasteiger partial charge in [0.15, 0.2) is 11.4 Å². The molecule has 1 aromatic rings. The van der Waals surface area contributed by atoms with Crippen LogP contribution >= 0.6 is 0 Å². The molecule has 0 fully saturated rings. The highest BCUT2D eigenvalue weighted by atomic mass is 16.5. The predicted octanol–water partition coefficient (Wildman–Crippen LogP) is -0.681. The van der Waals surface area contributed by atoms with E-state index in [1.54, 1.807) is 39.2 Å². The molecule has 3 aliphatic rings. The van der Waals surface area contributed by atoms with E-state index in [2.05, 4.69) is 5.32 Å². The molecule has 2 amide bonds. The molecule has 1 aromatic carbocycles. The number of anilines is 1. The van der Waals surface area contributed by atoms with Crippen LogP contribution in [0.15, 0.2) is 34.8 Å². The number of amides is 2. The molecule has 0 saturated carbocycles. The Morgan fingerprint density at radius 2 is 1.80 bits per heavy atom. The number of phenols is 1. The van der Waals surface area contributed by atoms with Gasteiger partial charge in [-0.25, -0.2) is 0 Å². The zero-order chi connectivity index (χ0) is 29.9. The van der Waals surface area contributed by atoms with Crippen LogP contribution in [0.25, 0.3) is 0 Å². The minimum absolute atomic E-state index is 0.0106. The van der Waals surface area contributed by atoms with Crippen molar-refractivity contribution in [3.8, 4) is 5.75 Å². The number of nitrogens with zero attached hydrogens (tertiary/aromatic N) is 2. The molecule has 216 valence electrons. The van der Waals surface area contributed by atoms with Crippen molar-refractivity contribution in [3.05, 3.63) is 45.9 Å². The summed E-state index contributed by atoms with van der Waals surface area (Å²) in [5.41, 5.74) is 0.862. The third-order valence-electron chi connectivity index (χ3n) is 8.19. The summed E-state index contributed by atoms with van der Waals surface area (Å²) < 4.78 is 4.90. The molecule has 4 atom stereocenters. The average molecular weight is 559 g/mol. The number of Topliss-reactive ketones (excluding diaryl/α,β-unsaturated/α-hetero) is 2. The number of carbonyl (C=O) groups is 4. The standard InChI is InChI=1S/C27H34N4O9/c1-30(2)14-6-7-15(32)17-12(14)8-26(11-29-16(33)10-40-5)9-13-20(31(3)4)22(35)18(25(28)38)23(36)27(13,39)24(37)19(26)21(17)34/h6-7,13,20,32,35,37,39H,8-11H2,1-5H3,(H2,28,38)(H,29,33)/t13-,20-,26-,27+/m0/s1. The van der Waals surface area contributed by atoms with Crippen LogP contribution in [-0.4, -0.2) is 109 Å². The van der Waals surface area contributed by atoms with Gasteiger partial charge in [-0.15, -0.1) is 0 Å². The van der Waals surface area contributed by atoms with Crippen LogP contribution in [0, 0.1) is 11.3 Å². The maximum atomic E-state index is 14.1. The number of carbonyl (C=O) groups excluding carboxylic acids is 4. The van der Waals surface area contributed by atoms with Gasteiger partial charge in [-0.2, -0.15) is 0 Å². The number of primary amides is 1. The van der Waals surface area contributed by atoms with E-state index in [-0.39, 0.29) is 42.9 Å². The zero-order valence-electron chi connectivity index (χ0n) is 22.9. The number of hydrogen-bond acceptors (Lipinski definition) is 11. The summed E-state index contributed by atoms with van der Waals surface area (Å²) in [5.74, 6) is -7.32. The molecule has 13 nitrogen and oxygen atoms in total. The zero-order valence-corrected chi connectivity index (χ0v) is 22.9. The van der Waals surface area contributed by atoms with Gasteiger partial charge in [0.25, 0.3) is 5.91 Å². The molecule has 13 heteroatoms. The number of benzene rings is 1. The van der Waals surface area contributed by atoms with Gasteiger partial charge < -0.3 is 41.1 Å². The first-order chi connectivity index (χ1) is 18.6. The van der Waals surface area contributed by atoms with E-state index in [4.69, 9.17) is 10.5 Å². The largest absolute Gasteiger partial charge is 0.510 e. The molecule has 0 bridgehead atoms. The summed E-state index contributed by atoms with van der Waals surface area (Å²) in [6.07, 6.45) is -0.175. The number of fused-ring (bicyclic) bond motifs is 3. The van der Waals surface area contributed by atoms with Gasteiger partial charge in [-0.1, -0.05) is 0 Å². The number of aromatic hydroxyl groups is 1. The third-order valence-corrected chi connectivity index (χ3v) is 8.19. The number of hydrogen-bond donors (Lipinski definition) is 6. The molecule has 0 radical (unpaired) electrons. The average Bonchev–Trinajstić information content (AvgIpc) is 2.84. The van der Waals surface area contributed by atoms with Gasteiger partial charge in [-0.05, 0) is 44.6 Å². The van der Waals surface area contributed by atoms with E-state index in [9.17, 15) is 39.6 Å². The predicted molar refractivity (Wildman–Crippen MR) is 142 cm³/mol. The molecule has 0 aromatic heterocycles. The first-order valence-electron chi connectivity index (χ1n) is 12.6. The number of methoxy groups -OCH3 is 1. The van der Waals surface area contributed by atoms with E-state index < -0.39 is 63.4 Å². The lowest BCUT2D eigenvalue weighted by Crippen LogP contribution is -2.66. The van der Waals surface area contributed by atoms with Crippen LogP contribution < -0.4 is 16.0 Å². The van der Waals surface area contributed by atoms with Crippen LogP contribution in [0.2, 0.25) is 0 Å². The second kappa shape index (κ2) is 9.91. The molecular formula is C27H34N4O9. The molecule has 0 spiro atoms. The SMILES string of the molecule is COCC(=O)NC[C@@]12Cc3c(N(C)C)ccc(O)c3C(=O)C1=C(O)[C@]1(O)C(=O)C(C(N)=O)=C(O)[C@@H](N(C)C)[C@@H]1C2. The fourth-order valence-electron chi connectivity index (χ4n) is 6.51. The lowest BCUT2D eigenvalue weighted by molar-refractivity contribution is -0.150. The van der Waals surface area contributed by atoms with Crippen LogP contribution in [0.3, 0.4) is 0 Å². The molecule has 0 heterocycles. The topological polar surface area (TPSA) is 203 Å². The molecular weight excluding hydrogens is 524 g/mol. The van der Waals surface area contributed by atoms with E-state index in [0.29, 0.717) is 11.3 Å². The van der Waals surface area contributed by atoms with E-state index >= 15 is 0 Å². The van der Waals surface area contributed by atoms with Gasteiger partial charge in [0.2, 0.25) is 11.7 Å². The second-order valence-corrected chi connectivity index (χ2v) is 11.0. The van der Waals surface area contributed by atoms with Crippen molar-refractivity contribution in [1.29, 1.82) is 0 Å². The maximum Gasteiger partial charge on any atom is 0.255 e. The van der Waals surface area contributed by atoms with Crippen LogP contribution in [0.4, 0.5) is 5.69 Å². The van der Waals surface area contributed by atoms with Crippen molar-refractivity contribution in [3.63, 3.8) is 0 Å². The summed E-state index contributed by atoms with van der Waals surface area (Å²) >= 11 is 0. The Balaban J connectivity index is 2.05. The van der Waals surface area contributed by atoms with Crippen molar-refractivity contribution < 1.29 is 44.3 Å². The lowest BCUT2D eigenvalue weighted by Gasteiger charge is -2.54. The van der Waals surface area contributed by atoms with Gasteiger partial charge in [0, 0.05) is 50.3 Å². The minimum Gasteiger partial charge on any atom is -0.510 e. The molecule has 4 rings (SSSR count). The summed E-state index contributed by atoms with van der Waals surface area (Å²) in [4.78, 5) is 55.6. The summed E-state index contributed by atoms with van der Waals surface area (Å²) in [6, 6.07) is 1.79. The third kappa shape index (κ3) is 4.03. The number of aliphatic hydroxyl groups excluding tert-OH is 2. The summed E-state index contributed by atoms with van der Waals surface area (Å²) in [6.45, 7) is -0.497. The van der Waals surface area contributed by atoms with Crippen molar-refractivity contribution in [1.82, 2.24) is 10.2 Å². The minimum atomic E-state index is -2.80. The highest BCUT2D eigenvalue weighted by Gasteiger charge is 2.66. The highest BCUT2D eigenvalue weighted by molar-refractivity contribution is 6.25. The normalized spacial score (nSPS) is 27.8. The molecule has 0 saturated heterocycles. The van der Waals surface area contributed by atoms with E-state index in [1.165, 1.54) is 18.1 Å². The Hall–Kier alpha value is -3.94. The van der Waals surface area contributed by atoms with Crippen molar-refractivity contribution in [2.24, 2.45) is 17.1 Å². The summed E-state index contributed by atoms with van der Waals surface area (Å²) in [5, 5.41) is 48.1. The van der Waals surface area contributed by atoms with Crippen LogP contribution in [-0.2, 0) is 25.5 Å². The number of ketones is 2. The number of likely N-dealkylation sites (N-methyl/N-ethyl adjacent to an activating group) is 1. The number of nitrogens with one attached hydrogen (secondary N) is 1. The quantitative estimate of drug-likeness (QED) is 0.231. The van der Waals surface area contributed by atoms with E-state index in [1.807, 2.05) is 0 Å². The Morgan fingerprint density at radius 1 is 1.15 bits per heavy atom. The van der Waals surface area contributed by atoms with Crippen molar-refractivity contribution in [2.45, 2.75) is 24.5 Å². The number of rotatable bonds is 7. The number of phenolic OH excluding ortho intramolecular Hbond substituents is 1. The van der Waals surface area contributed by atoms with Gasteiger partial charge in [0.05, 0.1) is 11.6 Å². The summed E-state index contributed by atoms with van der Waals surface area (Å²) in [7, 11) is 7.93. The Bertz CT molecular complexity index is 1380. The monoisotopic (exact) mass is 558 g/mol. The van der Waals surface area contributed by atoms with E-state index in [0.717, 1.165) is 0 Å². The van der Waals surface area contributed by atoms with Crippen LogP contribution in [0.5, 0.6) is 5.75 Å². The van der Waals surface area contributed by atoms with Crippen LogP contribution in [0.1, 0.15) is 22.3 Å². The highest BCUT2D eigenvalue weighted by Crippen LogP contribution is 2.58. The smallest absolute Gasteiger partial charge is 0.255 e. The van der Waals surface area contributed by atoms with Gasteiger partial charge in [0.1, 0.15) is 29.4 Å². The Kier molecular flexibility index (Phi) is 7.20. The second-order valence-electron chi connectivity index (χ2n) is 11.0. The fourth-order valence-corrected chi connectivity index (χ4v) is 6.51. The van der Waals surface area contributed by atoms with Gasteiger partial charge in [-0.3, -0.25) is 24.1 Å². The lowest BCUT2D eigenvalue weighted by atomic mass is 9.52. The van der Waals surface area contributed by atoms with Gasteiger partial charge >= 0.3 is 0 Å². The number of ether oxygens (including phenoxy) is 1. The first kappa shape index (κ1) is 29.1. The van der Waals surface area contributed by atoms with Crippen molar-refractivity contribution in [2.75, 3.05) is 53.4 Å². The number of nitrogens with two attached hydrogens (primary N) is 1. The number of aliphatic hydroxyl groups is 3. The molecule has 3 aliphatic carbocycles. The fraction of sp³-hybridized carbons (Fsp3) is 0.481. The van der Waals surface area contributed by atoms with Crippen molar-refractivity contribution >= 4 is 29.1 Å². The molecule has 40 heavy (non-hydrogen) atoms. The Labute approximate surface area is 230 Å². The first-order valence-corrected chi connectivity index (χ1v) is 12.6. The molecule has 7 N–H and O–H groups in total. The maximum absolute atomic E-state index is 14.1. The molecule has 0 unspecified atom stereocenters. The molecule has 0 aliphatic heterocycles.